The maximum Gasteiger partial charge on any atom is 0.259 e. The highest BCUT2D eigenvalue weighted by Crippen LogP contribution is 2.18. The van der Waals surface area contributed by atoms with E-state index in [0.717, 1.165) is 0 Å². The van der Waals surface area contributed by atoms with Crippen LogP contribution < -0.4 is 11.1 Å². The van der Waals surface area contributed by atoms with E-state index in [1.165, 1.54) is 29.1 Å². The fourth-order valence-electron chi connectivity index (χ4n) is 0.969. The molecule has 0 fully saturated rings. The summed E-state index contributed by atoms with van der Waals surface area (Å²) in [6, 6.07) is 1.44. The topological polar surface area (TPSA) is 93.8 Å². The van der Waals surface area contributed by atoms with Crippen LogP contribution in [0.15, 0.2) is 17.8 Å². The molecular weight excluding hydrogens is 250 g/mol. The quantitative estimate of drug-likeness (QED) is 0.846. The van der Waals surface area contributed by atoms with Gasteiger partial charge in [0.15, 0.2) is 0 Å². The first-order chi connectivity index (χ1) is 7.66. The van der Waals surface area contributed by atoms with Gasteiger partial charge in [-0.05, 0) is 6.07 Å². The smallest absolute Gasteiger partial charge is 0.259 e. The molecule has 2 aromatic rings. The maximum absolute atomic E-state index is 11.7. The average molecular weight is 256 g/mol. The van der Waals surface area contributed by atoms with Gasteiger partial charge in [0.1, 0.15) is 11.3 Å². The number of hydrogen-bond donors (Lipinski definition) is 2. The molecule has 0 radical (unpaired) electrons. The largest absolute Gasteiger partial charge is 0.382 e. The maximum atomic E-state index is 11.7. The molecule has 0 aliphatic carbocycles. The highest BCUT2D eigenvalue weighted by atomic mass is 35.5. The van der Waals surface area contributed by atoms with Gasteiger partial charge >= 0.3 is 0 Å². The normalized spacial score (nSPS) is 10.1. The molecule has 16 heavy (non-hydrogen) atoms. The molecule has 0 atom stereocenters. The third kappa shape index (κ3) is 2.26. The number of carbonyl (C=O) groups is 1. The van der Waals surface area contributed by atoms with Gasteiger partial charge in [-0.2, -0.15) is 0 Å². The van der Waals surface area contributed by atoms with Gasteiger partial charge in [0.2, 0.25) is 5.13 Å². The first kappa shape index (κ1) is 10.8. The summed E-state index contributed by atoms with van der Waals surface area (Å²) in [7, 11) is 0. The number of rotatable bonds is 2. The van der Waals surface area contributed by atoms with Crippen molar-refractivity contribution in [2.45, 2.75) is 0 Å². The lowest BCUT2D eigenvalue weighted by Gasteiger charge is -2.02. The van der Waals surface area contributed by atoms with E-state index >= 15 is 0 Å². The Hall–Kier alpha value is -1.73. The average Bonchev–Trinajstić information content (AvgIpc) is 2.74. The standard InChI is InChI=1S/C8H6ClN5OS/c9-5-1-4(2-11-6(5)10)7(15)13-8-14-12-3-16-8/h1-3H,(H2,10,11)(H,13,14,15). The zero-order valence-electron chi connectivity index (χ0n) is 7.85. The number of amides is 1. The molecule has 0 bridgehead atoms. The number of nitrogens with one attached hydrogen (secondary N) is 1. The molecule has 0 aromatic carbocycles. The Bertz CT molecular complexity index is 515. The lowest BCUT2D eigenvalue weighted by molar-refractivity contribution is 0.102. The van der Waals surface area contributed by atoms with Crippen molar-refractivity contribution in [3.05, 3.63) is 28.4 Å². The predicted molar refractivity (Wildman–Crippen MR) is 61.5 cm³/mol. The Morgan fingerprint density at radius 3 is 3.00 bits per heavy atom. The molecule has 1 amide bonds. The van der Waals surface area contributed by atoms with Crippen LogP contribution in [0.3, 0.4) is 0 Å². The lowest BCUT2D eigenvalue weighted by atomic mass is 10.2. The Balaban J connectivity index is 2.18. The molecular formula is C8H6ClN5OS. The fraction of sp³-hybridized carbons (Fsp3) is 0. The van der Waals surface area contributed by atoms with Crippen LogP contribution in [0.2, 0.25) is 5.02 Å². The van der Waals surface area contributed by atoms with E-state index in [1.54, 1.807) is 0 Å². The summed E-state index contributed by atoms with van der Waals surface area (Å²) in [6.45, 7) is 0. The minimum absolute atomic E-state index is 0.189. The zero-order chi connectivity index (χ0) is 11.5. The number of halogens is 1. The molecule has 0 unspecified atom stereocenters. The minimum atomic E-state index is -0.355. The first-order valence-electron chi connectivity index (χ1n) is 4.15. The number of aromatic nitrogens is 3. The summed E-state index contributed by atoms with van der Waals surface area (Å²) in [4.78, 5) is 15.4. The van der Waals surface area contributed by atoms with Gasteiger partial charge in [-0.15, -0.1) is 10.2 Å². The number of hydrogen-bond acceptors (Lipinski definition) is 6. The number of carbonyl (C=O) groups excluding carboxylic acids is 1. The molecule has 2 aromatic heterocycles. The van der Waals surface area contributed by atoms with Crippen LogP contribution in [0.1, 0.15) is 10.4 Å². The zero-order valence-corrected chi connectivity index (χ0v) is 9.42. The molecule has 0 aliphatic rings. The van der Waals surface area contributed by atoms with E-state index in [4.69, 9.17) is 17.3 Å². The van der Waals surface area contributed by atoms with Crippen molar-refractivity contribution >= 4 is 39.8 Å². The highest BCUT2D eigenvalue weighted by molar-refractivity contribution is 7.13. The van der Waals surface area contributed by atoms with Gasteiger partial charge in [-0.1, -0.05) is 22.9 Å². The number of pyridine rings is 1. The van der Waals surface area contributed by atoms with E-state index in [9.17, 15) is 4.79 Å². The van der Waals surface area contributed by atoms with Crippen LogP contribution in [0.4, 0.5) is 10.9 Å². The highest BCUT2D eigenvalue weighted by Gasteiger charge is 2.10. The van der Waals surface area contributed by atoms with Crippen LogP contribution in [-0.2, 0) is 0 Å². The van der Waals surface area contributed by atoms with E-state index in [2.05, 4.69) is 20.5 Å². The number of nitrogens with zero attached hydrogens (tertiary/aromatic N) is 3. The summed E-state index contributed by atoms with van der Waals surface area (Å²) in [5.74, 6) is -0.166. The summed E-state index contributed by atoms with van der Waals surface area (Å²) in [5, 5.41) is 10.5. The Kier molecular flexibility index (Phi) is 2.97. The molecule has 6 nitrogen and oxygen atoms in total. The van der Waals surface area contributed by atoms with Crippen LogP contribution in [0.5, 0.6) is 0 Å². The second kappa shape index (κ2) is 4.42. The van der Waals surface area contributed by atoms with Crippen LogP contribution in [0.25, 0.3) is 0 Å². The van der Waals surface area contributed by atoms with Crippen molar-refractivity contribution < 1.29 is 4.79 Å². The van der Waals surface area contributed by atoms with Gasteiger partial charge in [0, 0.05) is 6.20 Å². The van der Waals surface area contributed by atoms with E-state index in [0.29, 0.717) is 10.7 Å². The summed E-state index contributed by atoms with van der Waals surface area (Å²) >= 11 is 6.97. The summed E-state index contributed by atoms with van der Waals surface area (Å²) < 4.78 is 0. The van der Waals surface area contributed by atoms with Crippen molar-refractivity contribution in [2.24, 2.45) is 0 Å². The van der Waals surface area contributed by atoms with Gasteiger partial charge < -0.3 is 5.73 Å². The summed E-state index contributed by atoms with van der Waals surface area (Å²) in [6.07, 6.45) is 1.34. The van der Waals surface area contributed by atoms with Crippen molar-refractivity contribution in [1.29, 1.82) is 0 Å². The third-order valence-corrected chi connectivity index (χ3v) is 2.62. The number of nitrogens with two attached hydrogens (primary N) is 1. The number of anilines is 2. The molecule has 0 aliphatic heterocycles. The van der Waals surface area contributed by atoms with Crippen molar-refractivity contribution in [3.63, 3.8) is 0 Å². The Labute approximate surface area is 99.5 Å². The predicted octanol–water partition coefficient (Wildman–Crippen LogP) is 1.42. The molecule has 82 valence electrons. The van der Waals surface area contributed by atoms with E-state index in [-0.39, 0.29) is 16.7 Å². The molecule has 2 rings (SSSR count). The minimum Gasteiger partial charge on any atom is -0.382 e. The lowest BCUT2D eigenvalue weighted by Crippen LogP contribution is -2.12. The molecule has 2 heterocycles. The SMILES string of the molecule is Nc1ncc(C(=O)Nc2nncs2)cc1Cl. The number of nitrogen functional groups attached to an aromatic ring is 1. The Morgan fingerprint density at radius 2 is 2.38 bits per heavy atom. The molecule has 0 spiro atoms. The Morgan fingerprint density at radius 1 is 1.56 bits per heavy atom. The van der Waals surface area contributed by atoms with E-state index in [1.807, 2.05) is 0 Å². The van der Waals surface area contributed by atoms with Crippen molar-refractivity contribution in [2.75, 3.05) is 11.1 Å². The van der Waals surface area contributed by atoms with Crippen molar-refractivity contribution in [3.8, 4) is 0 Å². The van der Waals surface area contributed by atoms with Gasteiger partial charge in [0.25, 0.3) is 5.91 Å². The summed E-state index contributed by atoms with van der Waals surface area (Å²) in [5.41, 5.74) is 7.26. The van der Waals surface area contributed by atoms with Crippen LogP contribution in [-0.4, -0.2) is 21.1 Å². The van der Waals surface area contributed by atoms with Gasteiger partial charge in [0.05, 0.1) is 10.6 Å². The second-order valence-electron chi connectivity index (χ2n) is 2.79. The van der Waals surface area contributed by atoms with Crippen molar-refractivity contribution in [1.82, 2.24) is 15.2 Å². The molecule has 0 saturated carbocycles. The van der Waals surface area contributed by atoms with Gasteiger partial charge in [-0.25, -0.2) is 4.98 Å². The fourth-order valence-corrected chi connectivity index (χ4v) is 1.58. The molecule has 8 heteroatoms. The molecule has 3 N–H and O–H groups in total. The molecule has 0 saturated heterocycles. The van der Waals surface area contributed by atoms with Crippen LogP contribution in [0, 0.1) is 0 Å². The third-order valence-electron chi connectivity index (χ3n) is 1.71. The van der Waals surface area contributed by atoms with E-state index < -0.39 is 0 Å². The van der Waals surface area contributed by atoms with Gasteiger partial charge in [-0.3, -0.25) is 10.1 Å². The second-order valence-corrected chi connectivity index (χ2v) is 4.03. The van der Waals surface area contributed by atoms with Crippen LogP contribution >= 0.6 is 22.9 Å². The monoisotopic (exact) mass is 255 g/mol. The first-order valence-corrected chi connectivity index (χ1v) is 5.41.